The van der Waals surface area contributed by atoms with E-state index in [1.165, 1.54) is 34.2 Å². The first-order valence-electron chi connectivity index (χ1n) is 10.0. The van der Waals surface area contributed by atoms with Crippen LogP contribution >= 0.6 is 23.1 Å². The molecule has 1 amide bonds. The summed E-state index contributed by atoms with van der Waals surface area (Å²) in [6, 6.07) is 11.8. The zero-order chi connectivity index (χ0) is 21.8. The number of carbonyl (C=O) groups is 1. The van der Waals surface area contributed by atoms with Gasteiger partial charge >= 0.3 is 0 Å². The number of para-hydroxylation sites is 1. The van der Waals surface area contributed by atoms with Crippen molar-refractivity contribution < 1.29 is 14.3 Å². The number of rotatable bonds is 8. The summed E-state index contributed by atoms with van der Waals surface area (Å²) in [4.78, 5) is 12.4. The molecule has 1 aliphatic heterocycles. The Bertz CT molecular complexity index is 1090. The van der Waals surface area contributed by atoms with Gasteiger partial charge in [-0.3, -0.25) is 4.79 Å². The van der Waals surface area contributed by atoms with Crippen molar-refractivity contribution in [2.24, 2.45) is 0 Å². The molecule has 4 rings (SSSR count). The van der Waals surface area contributed by atoms with E-state index in [4.69, 9.17) is 9.47 Å². The number of carbonyl (C=O) groups excluding carboxylic acids is 1. The lowest BCUT2D eigenvalue weighted by molar-refractivity contribution is -0.119. The lowest BCUT2D eigenvalue weighted by Gasteiger charge is -2.14. The summed E-state index contributed by atoms with van der Waals surface area (Å²) in [5.74, 6) is 1.65. The number of thioether (sulfide) groups is 1. The summed E-state index contributed by atoms with van der Waals surface area (Å²) < 4.78 is 11.5. The maximum Gasteiger partial charge on any atom is 0.231 e. The molecule has 0 spiro atoms. The Morgan fingerprint density at radius 1 is 1.23 bits per heavy atom. The Morgan fingerprint density at radius 2 is 2.06 bits per heavy atom. The smallest absolute Gasteiger partial charge is 0.231 e. The van der Waals surface area contributed by atoms with E-state index in [1.807, 2.05) is 25.1 Å². The first-order valence-corrected chi connectivity index (χ1v) is 11.8. The van der Waals surface area contributed by atoms with E-state index in [2.05, 4.69) is 52.9 Å². The minimum absolute atomic E-state index is 0.0629. The molecule has 0 fully saturated rings. The van der Waals surface area contributed by atoms with Crippen molar-refractivity contribution >= 4 is 39.8 Å². The van der Waals surface area contributed by atoms with Gasteiger partial charge in [-0.25, -0.2) is 0 Å². The highest BCUT2D eigenvalue weighted by atomic mass is 32.2. The third kappa shape index (κ3) is 5.11. The number of nitrogens with one attached hydrogen (secondary N) is 2. The SMILES string of the molecule is CCc1cccc(C)c1Nc1nnc(SCC(=O)NC(C)c2ccc3c(c2)OCO3)s1. The Balaban J connectivity index is 1.31. The van der Waals surface area contributed by atoms with Crippen LogP contribution in [0.1, 0.15) is 36.6 Å². The van der Waals surface area contributed by atoms with Crippen molar-refractivity contribution in [3.63, 3.8) is 0 Å². The second-order valence-electron chi connectivity index (χ2n) is 7.15. The van der Waals surface area contributed by atoms with Gasteiger partial charge in [-0.2, -0.15) is 0 Å². The number of nitrogens with zero attached hydrogens (tertiary/aromatic N) is 2. The Kier molecular flexibility index (Phi) is 6.62. The number of fused-ring (bicyclic) bond motifs is 1. The van der Waals surface area contributed by atoms with Gasteiger partial charge in [0.15, 0.2) is 15.8 Å². The predicted molar refractivity (Wildman–Crippen MR) is 124 cm³/mol. The highest BCUT2D eigenvalue weighted by Gasteiger charge is 2.17. The molecule has 9 heteroatoms. The summed E-state index contributed by atoms with van der Waals surface area (Å²) >= 11 is 2.83. The molecule has 7 nitrogen and oxygen atoms in total. The molecule has 0 aliphatic carbocycles. The molecule has 2 aromatic carbocycles. The largest absolute Gasteiger partial charge is 0.454 e. The Labute approximate surface area is 189 Å². The number of aryl methyl sites for hydroxylation is 2. The first-order chi connectivity index (χ1) is 15.0. The molecule has 1 aromatic heterocycles. The number of hydrogen-bond donors (Lipinski definition) is 2. The number of amides is 1. The molecule has 2 N–H and O–H groups in total. The van der Waals surface area contributed by atoms with E-state index in [1.54, 1.807) is 0 Å². The van der Waals surface area contributed by atoms with Gasteiger partial charge in [-0.15, -0.1) is 10.2 Å². The standard InChI is InChI=1S/C22H24N4O3S2/c1-4-15-7-5-6-13(2)20(15)24-21-25-26-22(31-21)30-11-19(27)23-14(3)16-8-9-17-18(10-16)29-12-28-17/h5-10,14H,4,11-12H2,1-3H3,(H,23,27)(H,24,25). The Hall–Kier alpha value is -2.78. The molecule has 1 atom stereocenters. The van der Waals surface area contributed by atoms with Gasteiger partial charge in [0.1, 0.15) is 0 Å². The lowest BCUT2D eigenvalue weighted by Crippen LogP contribution is -2.28. The third-order valence-electron chi connectivity index (χ3n) is 4.98. The number of hydrogen-bond acceptors (Lipinski definition) is 8. The molecular weight excluding hydrogens is 432 g/mol. The minimum atomic E-state index is -0.136. The fourth-order valence-corrected chi connectivity index (χ4v) is 4.87. The van der Waals surface area contributed by atoms with Crippen LogP contribution < -0.4 is 20.1 Å². The van der Waals surface area contributed by atoms with E-state index in [-0.39, 0.29) is 24.5 Å². The van der Waals surface area contributed by atoms with Gasteiger partial charge in [0.05, 0.1) is 11.8 Å². The molecule has 0 bridgehead atoms. The van der Waals surface area contributed by atoms with Crippen LogP contribution in [0.15, 0.2) is 40.7 Å². The zero-order valence-corrected chi connectivity index (χ0v) is 19.2. The van der Waals surface area contributed by atoms with Gasteiger partial charge in [0, 0.05) is 5.69 Å². The van der Waals surface area contributed by atoms with Crippen molar-refractivity contribution in [1.82, 2.24) is 15.5 Å². The molecule has 0 saturated carbocycles. The molecule has 1 unspecified atom stereocenters. The van der Waals surface area contributed by atoms with E-state index in [0.717, 1.165) is 32.9 Å². The first kappa shape index (κ1) is 21.5. The van der Waals surface area contributed by atoms with E-state index in [0.29, 0.717) is 5.75 Å². The van der Waals surface area contributed by atoms with Gasteiger partial charge in [-0.05, 0) is 49.1 Å². The quantitative estimate of drug-likeness (QED) is 0.469. The highest BCUT2D eigenvalue weighted by Crippen LogP contribution is 2.34. The number of anilines is 2. The Morgan fingerprint density at radius 3 is 2.90 bits per heavy atom. The molecule has 0 saturated heterocycles. The van der Waals surface area contributed by atoms with E-state index >= 15 is 0 Å². The summed E-state index contributed by atoms with van der Waals surface area (Å²) in [7, 11) is 0. The van der Waals surface area contributed by atoms with E-state index in [9.17, 15) is 4.79 Å². The predicted octanol–water partition coefficient (Wildman–Crippen LogP) is 4.85. The monoisotopic (exact) mass is 456 g/mol. The lowest BCUT2D eigenvalue weighted by atomic mass is 10.1. The van der Waals surface area contributed by atoms with Crippen molar-refractivity contribution in [3.8, 4) is 11.5 Å². The van der Waals surface area contributed by atoms with Crippen LogP contribution in [0.4, 0.5) is 10.8 Å². The molecule has 1 aliphatic rings. The summed E-state index contributed by atoms with van der Waals surface area (Å²) in [6.07, 6.45) is 0.937. The summed E-state index contributed by atoms with van der Waals surface area (Å²) in [5, 5.41) is 15.5. The second kappa shape index (κ2) is 9.57. The molecule has 162 valence electrons. The third-order valence-corrected chi connectivity index (χ3v) is 6.95. The zero-order valence-electron chi connectivity index (χ0n) is 17.6. The van der Waals surface area contributed by atoms with Crippen LogP contribution in [0.25, 0.3) is 0 Å². The minimum Gasteiger partial charge on any atom is -0.454 e. The van der Waals surface area contributed by atoms with Crippen LogP contribution in [0.2, 0.25) is 0 Å². The summed E-state index contributed by atoms with van der Waals surface area (Å²) in [6.45, 7) is 6.38. The molecule has 0 radical (unpaired) electrons. The molecule has 31 heavy (non-hydrogen) atoms. The maximum atomic E-state index is 12.4. The molecular formula is C22H24N4O3S2. The normalized spacial score (nSPS) is 13.1. The van der Waals surface area contributed by atoms with Gasteiger partial charge in [-0.1, -0.05) is 54.3 Å². The second-order valence-corrected chi connectivity index (χ2v) is 9.35. The van der Waals surface area contributed by atoms with Crippen LogP contribution in [0.5, 0.6) is 11.5 Å². The maximum absolute atomic E-state index is 12.4. The van der Waals surface area contributed by atoms with E-state index < -0.39 is 0 Å². The topological polar surface area (TPSA) is 85.4 Å². The fourth-order valence-electron chi connectivity index (χ4n) is 3.30. The van der Waals surface area contributed by atoms with Crippen molar-refractivity contribution in [2.45, 2.75) is 37.6 Å². The number of aromatic nitrogens is 2. The van der Waals surface area contributed by atoms with Crippen LogP contribution in [0, 0.1) is 6.92 Å². The number of ether oxygens (including phenoxy) is 2. The van der Waals surface area contributed by atoms with Crippen molar-refractivity contribution in [3.05, 3.63) is 53.1 Å². The molecule has 2 heterocycles. The molecule has 3 aromatic rings. The van der Waals surface area contributed by atoms with Gasteiger partial charge in [0.25, 0.3) is 0 Å². The van der Waals surface area contributed by atoms with Crippen molar-refractivity contribution in [2.75, 3.05) is 17.9 Å². The van der Waals surface area contributed by atoms with Gasteiger partial charge < -0.3 is 20.1 Å². The van der Waals surface area contributed by atoms with Gasteiger partial charge in [0.2, 0.25) is 17.8 Å². The van der Waals surface area contributed by atoms with Crippen LogP contribution in [0.3, 0.4) is 0 Å². The van der Waals surface area contributed by atoms with Crippen LogP contribution in [-0.2, 0) is 11.2 Å². The summed E-state index contributed by atoms with van der Waals surface area (Å²) in [5.41, 5.74) is 4.45. The number of benzene rings is 2. The average Bonchev–Trinajstić information content (AvgIpc) is 3.42. The van der Waals surface area contributed by atoms with Crippen molar-refractivity contribution in [1.29, 1.82) is 0 Å². The highest BCUT2D eigenvalue weighted by molar-refractivity contribution is 8.01. The average molecular weight is 457 g/mol. The van der Waals surface area contributed by atoms with Crippen LogP contribution in [-0.4, -0.2) is 28.7 Å². The fraction of sp³-hybridized carbons (Fsp3) is 0.318.